The lowest BCUT2D eigenvalue weighted by molar-refractivity contribution is 0.171. The van der Waals surface area contributed by atoms with Gasteiger partial charge in [-0.3, -0.25) is 4.98 Å². The fourth-order valence-corrected chi connectivity index (χ4v) is 2.38. The van der Waals surface area contributed by atoms with E-state index >= 15 is 0 Å². The Hall–Kier alpha value is -1.13. The zero-order chi connectivity index (χ0) is 13.8. The van der Waals surface area contributed by atoms with Crippen LogP contribution in [-0.2, 0) is 4.74 Å². The van der Waals surface area contributed by atoms with E-state index in [-0.39, 0.29) is 6.04 Å². The largest absolute Gasteiger partial charge is 0.383 e. The molecule has 0 saturated carbocycles. The Kier molecular flexibility index (Phi) is 4.77. The molecule has 19 heavy (non-hydrogen) atoms. The summed E-state index contributed by atoms with van der Waals surface area (Å²) in [6, 6.07) is 8.53. The van der Waals surface area contributed by atoms with Crippen molar-refractivity contribution < 1.29 is 4.74 Å². The lowest BCUT2D eigenvalue weighted by Crippen LogP contribution is -2.30. The number of halogens is 1. The van der Waals surface area contributed by atoms with Gasteiger partial charge < -0.3 is 10.1 Å². The first-order chi connectivity index (χ1) is 9.11. The molecule has 1 aromatic heterocycles. The highest BCUT2D eigenvalue weighted by molar-refractivity contribution is 9.10. The fourth-order valence-electron chi connectivity index (χ4n) is 2.03. The third-order valence-electron chi connectivity index (χ3n) is 3.17. The van der Waals surface area contributed by atoms with Gasteiger partial charge in [0.05, 0.1) is 23.9 Å². The highest BCUT2D eigenvalue weighted by Crippen LogP contribution is 2.25. The summed E-state index contributed by atoms with van der Waals surface area (Å²) in [5.74, 6) is 0.491. The van der Waals surface area contributed by atoms with Crippen LogP contribution in [-0.4, -0.2) is 24.7 Å². The number of ether oxygens (including phenoxy) is 1. The van der Waals surface area contributed by atoms with Crippen LogP contribution < -0.4 is 5.32 Å². The first-order valence-electron chi connectivity index (χ1n) is 6.41. The number of para-hydroxylation sites is 1. The fraction of sp³-hybridized carbons (Fsp3) is 0.400. The maximum absolute atomic E-state index is 5.28. The number of hydrogen-bond donors (Lipinski definition) is 1. The zero-order valence-corrected chi connectivity index (χ0v) is 13.1. The van der Waals surface area contributed by atoms with E-state index in [0.29, 0.717) is 12.5 Å². The Morgan fingerprint density at radius 3 is 2.84 bits per heavy atom. The SMILES string of the molecule is COCC(Nc1cccc2cc(Br)cnc12)C(C)C. The van der Waals surface area contributed by atoms with Crippen molar-refractivity contribution in [2.75, 3.05) is 19.0 Å². The number of nitrogens with zero attached hydrogens (tertiary/aromatic N) is 1. The van der Waals surface area contributed by atoms with Gasteiger partial charge in [-0.2, -0.15) is 0 Å². The molecule has 1 heterocycles. The molecule has 4 heteroatoms. The summed E-state index contributed by atoms with van der Waals surface area (Å²) >= 11 is 3.45. The summed E-state index contributed by atoms with van der Waals surface area (Å²) in [4.78, 5) is 4.50. The molecule has 2 rings (SSSR count). The van der Waals surface area contributed by atoms with Gasteiger partial charge in [-0.25, -0.2) is 0 Å². The highest BCUT2D eigenvalue weighted by Gasteiger charge is 2.14. The van der Waals surface area contributed by atoms with Crippen LogP contribution in [0.1, 0.15) is 13.8 Å². The van der Waals surface area contributed by atoms with Gasteiger partial charge in [-0.1, -0.05) is 26.0 Å². The summed E-state index contributed by atoms with van der Waals surface area (Å²) in [5, 5.41) is 4.66. The van der Waals surface area contributed by atoms with Gasteiger partial charge in [0.25, 0.3) is 0 Å². The number of nitrogens with one attached hydrogen (secondary N) is 1. The van der Waals surface area contributed by atoms with Crippen LogP contribution in [0, 0.1) is 5.92 Å². The Balaban J connectivity index is 2.34. The monoisotopic (exact) mass is 322 g/mol. The molecule has 0 amide bonds. The smallest absolute Gasteiger partial charge is 0.0934 e. The van der Waals surface area contributed by atoms with E-state index < -0.39 is 0 Å². The molecular formula is C15H19BrN2O. The number of benzene rings is 1. The second-order valence-electron chi connectivity index (χ2n) is 4.98. The van der Waals surface area contributed by atoms with Gasteiger partial charge >= 0.3 is 0 Å². The van der Waals surface area contributed by atoms with Crippen molar-refractivity contribution in [3.63, 3.8) is 0 Å². The summed E-state index contributed by atoms with van der Waals surface area (Å²) in [7, 11) is 1.73. The van der Waals surface area contributed by atoms with Crippen molar-refractivity contribution in [2.45, 2.75) is 19.9 Å². The minimum Gasteiger partial charge on any atom is -0.383 e. The van der Waals surface area contributed by atoms with Crippen molar-refractivity contribution in [3.8, 4) is 0 Å². The van der Waals surface area contributed by atoms with Gasteiger partial charge in [-0.15, -0.1) is 0 Å². The Labute approximate surface area is 122 Å². The Morgan fingerprint density at radius 2 is 2.16 bits per heavy atom. The number of hydrogen-bond acceptors (Lipinski definition) is 3. The molecule has 0 spiro atoms. The highest BCUT2D eigenvalue weighted by atomic mass is 79.9. The van der Waals surface area contributed by atoms with Crippen LogP contribution in [0.25, 0.3) is 10.9 Å². The number of aromatic nitrogens is 1. The molecule has 0 radical (unpaired) electrons. The summed E-state index contributed by atoms with van der Waals surface area (Å²) in [6.45, 7) is 5.06. The molecule has 1 aromatic carbocycles. The quantitative estimate of drug-likeness (QED) is 0.900. The molecular weight excluding hydrogens is 304 g/mol. The number of anilines is 1. The third-order valence-corrected chi connectivity index (χ3v) is 3.60. The molecule has 2 aromatic rings. The second kappa shape index (κ2) is 6.35. The molecule has 102 valence electrons. The molecule has 1 atom stereocenters. The molecule has 3 nitrogen and oxygen atoms in total. The van der Waals surface area contributed by atoms with Crippen molar-refractivity contribution in [1.29, 1.82) is 0 Å². The maximum Gasteiger partial charge on any atom is 0.0934 e. The second-order valence-corrected chi connectivity index (χ2v) is 5.90. The Morgan fingerprint density at radius 1 is 1.37 bits per heavy atom. The van der Waals surface area contributed by atoms with E-state index in [1.807, 2.05) is 12.3 Å². The van der Waals surface area contributed by atoms with Crippen molar-refractivity contribution in [2.24, 2.45) is 5.92 Å². The topological polar surface area (TPSA) is 34.1 Å². The van der Waals surface area contributed by atoms with E-state index in [0.717, 1.165) is 21.1 Å². The molecule has 1 N–H and O–H groups in total. The van der Waals surface area contributed by atoms with Crippen LogP contribution in [0.3, 0.4) is 0 Å². The predicted octanol–water partition coefficient (Wildman–Crippen LogP) is 4.08. The van der Waals surface area contributed by atoms with Gasteiger partial charge in [0.1, 0.15) is 0 Å². The van der Waals surface area contributed by atoms with Crippen molar-refractivity contribution in [1.82, 2.24) is 4.98 Å². The van der Waals surface area contributed by atoms with E-state index in [1.165, 1.54) is 0 Å². The summed E-state index contributed by atoms with van der Waals surface area (Å²) in [5.41, 5.74) is 2.05. The minimum atomic E-state index is 0.279. The van der Waals surface area contributed by atoms with Crippen LogP contribution in [0.15, 0.2) is 34.9 Å². The summed E-state index contributed by atoms with van der Waals surface area (Å²) in [6.07, 6.45) is 1.83. The maximum atomic E-state index is 5.28. The van der Waals surface area contributed by atoms with Crippen LogP contribution >= 0.6 is 15.9 Å². The van der Waals surface area contributed by atoms with Crippen LogP contribution in [0.4, 0.5) is 5.69 Å². The number of pyridine rings is 1. The summed E-state index contributed by atoms with van der Waals surface area (Å²) < 4.78 is 6.27. The molecule has 1 unspecified atom stereocenters. The lowest BCUT2D eigenvalue weighted by Gasteiger charge is -2.23. The number of fused-ring (bicyclic) bond motifs is 1. The van der Waals surface area contributed by atoms with E-state index in [4.69, 9.17) is 4.74 Å². The van der Waals surface area contributed by atoms with Gasteiger partial charge in [0.15, 0.2) is 0 Å². The normalized spacial score (nSPS) is 12.9. The van der Waals surface area contributed by atoms with E-state index in [9.17, 15) is 0 Å². The molecule has 0 saturated heterocycles. The molecule has 0 fully saturated rings. The van der Waals surface area contributed by atoms with Crippen molar-refractivity contribution in [3.05, 3.63) is 34.9 Å². The average Bonchev–Trinajstić information content (AvgIpc) is 2.37. The third kappa shape index (κ3) is 3.45. The van der Waals surface area contributed by atoms with Gasteiger partial charge in [0.2, 0.25) is 0 Å². The Bertz CT molecular complexity index is 557. The van der Waals surface area contributed by atoms with Crippen LogP contribution in [0.2, 0.25) is 0 Å². The van der Waals surface area contributed by atoms with Crippen LogP contribution in [0.5, 0.6) is 0 Å². The molecule has 0 aliphatic carbocycles. The number of methoxy groups -OCH3 is 1. The van der Waals surface area contributed by atoms with E-state index in [1.54, 1.807) is 7.11 Å². The zero-order valence-electron chi connectivity index (χ0n) is 11.5. The first-order valence-corrected chi connectivity index (χ1v) is 7.21. The van der Waals surface area contributed by atoms with Gasteiger partial charge in [0, 0.05) is 23.2 Å². The minimum absolute atomic E-state index is 0.279. The lowest BCUT2D eigenvalue weighted by atomic mass is 10.0. The number of rotatable bonds is 5. The molecule has 0 bridgehead atoms. The first kappa shape index (κ1) is 14.3. The standard InChI is InChI=1S/C15H19BrN2O/c1-10(2)14(9-19-3)18-13-6-4-5-11-7-12(16)8-17-15(11)13/h4-8,10,14,18H,9H2,1-3H3. The average molecular weight is 323 g/mol. The predicted molar refractivity (Wildman–Crippen MR) is 83.6 cm³/mol. The molecule has 0 aliphatic heterocycles. The van der Waals surface area contributed by atoms with Gasteiger partial charge in [-0.05, 0) is 34.0 Å². The van der Waals surface area contributed by atoms with Crippen molar-refractivity contribution >= 4 is 32.5 Å². The molecule has 0 aliphatic rings. The van der Waals surface area contributed by atoms with E-state index in [2.05, 4.69) is 58.3 Å².